The largest absolute Gasteiger partial charge is 0.496 e. The third-order valence-corrected chi connectivity index (χ3v) is 3.72. The van der Waals surface area contributed by atoms with Crippen molar-refractivity contribution in [3.63, 3.8) is 0 Å². The van der Waals surface area contributed by atoms with Crippen LogP contribution in [0, 0.1) is 10.1 Å². The first kappa shape index (κ1) is 17.4. The number of hydrogen-bond acceptors (Lipinski definition) is 7. The van der Waals surface area contributed by atoms with Gasteiger partial charge in [0, 0.05) is 5.56 Å². The highest BCUT2D eigenvalue weighted by Gasteiger charge is 2.19. The van der Waals surface area contributed by atoms with Gasteiger partial charge in [0.05, 0.1) is 18.1 Å². The van der Waals surface area contributed by atoms with Crippen molar-refractivity contribution in [1.29, 1.82) is 0 Å². The van der Waals surface area contributed by atoms with Crippen LogP contribution >= 0.6 is 12.2 Å². The van der Waals surface area contributed by atoms with E-state index in [1.807, 2.05) is 0 Å². The predicted molar refractivity (Wildman–Crippen MR) is 95.9 cm³/mol. The Balaban J connectivity index is 1.71. The third-order valence-electron chi connectivity index (χ3n) is 3.51. The van der Waals surface area contributed by atoms with E-state index in [0.717, 1.165) is 0 Å². The molecule has 0 radical (unpaired) electrons. The maximum absolute atomic E-state index is 12.3. The zero-order valence-corrected chi connectivity index (χ0v) is 14.3. The van der Waals surface area contributed by atoms with E-state index < -0.39 is 10.8 Å². The lowest BCUT2D eigenvalue weighted by Crippen LogP contribution is -2.34. The summed E-state index contributed by atoms with van der Waals surface area (Å²) in [5.74, 6) is 0.855. The Bertz CT molecular complexity index is 902. The average Bonchev–Trinajstić information content (AvgIpc) is 3.09. The molecule has 0 bridgehead atoms. The van der Waals surface area contributed by atoms with E-state index in [1.165, 1.54) is 31.4 Å². The monoisotopic (exact) mass is 375 g/mol. The van der Waals surface area contributed by atoms with E-state index in [0.29, 0.717) is 22.8 Å². The van der Waals surface area contributed by atoms with Gasteiger partial charge in [0.15, 0.2) is 16.6 Å². The van der Waals surface area contributed by atoms with Gasteiger partial charge in [-0.05, 0) is 42.5 Å². The second-order valence-electron chi connectivity index (χ2n) is 5.12. The first-order valence-corrected chi connectivity index (χ1v) is 7.73. The summed E-state index contributed by atoms with van der Waals surface area (Å²) in [7, 11) is 1.41. The number of nitrogens with one attached hydrogen (secondary N) is 2. The van der Waals surface area contributed by atoms with Crippen LogP contribution in [0.15, 0.2) is 36.4 Å². The van der Waals surface area contributed by atoms with Crippen molar-refractivity contribution < 1.29 is 23.9 Å². The fraction of sp³-hybridized carbons (Fsp3) is 0.125. The third kappa shape index (κ3) is 3.64. The molecule has 2 aromatic rings. The molecule has 134 valence electrons. The summed E-state index contributed by atoms with van der Waals surface area (Å²) in [6, 6.07) is 8.93. The molecule has 1 aliphatic heterocycles. The van der Waals surface area contributed by atoms with E-state index >= 15 is 0 Å². The smallest absolute Gasteiger partial charge is 0.296 e. The zero-order valence-electron chi connectivity index (χ0n) is 13.5. The normalized spacial score (nSPS) is 11.6. The molecule has 0 aromatic heterocycles. The summed E-state index contributed by atoms with van der Waals surface area (Å²) in [6.07, 6.45) is 0. The minimum absolute atomic E-state index is 0.0825. The molecule has 0 atom stereocenters. The number of carbonyl (C=O) groups is 1. The van der Waals surface area contributed by atoms with Gasteiger partial charge in [-0.1, -0.05) is 0 Å². The Morgan fingerprint density at radius 2 is 2.00 bits per heavy atom. The van der Waals surface area contributed by atoms with Crippen LogP contribution in [0.2, 0.25) is 0 Å². The van der Waals surface area contributed by atoms with Gasteiger partial charge in [-0.25, -0.2) is 0 Å². The molecule has 10 heteroatoms. The standard InChI is InChI=1S/C16H13N3O6S/c1-23-10-3-4-11(12(7-10)19(21)22)17-16(26)18-15(20)9-2-5-13-14(6-9)25-8-24-13/h2-7H,8H2,1H3,(H2,17,18,20,26). The minimum atomic E-state index is -0.576. The summed E-state index contributed by atoms with van der Waals surface area (Å²) in [5.41, 5.74) is 0.207. The summed E-state index contributed by atoms with van der Waals surface area (Å²) < 4.78 is 15.4. The molecule has 0 aliphatic carbocycles. The van der Waals surface area contributed by atoms with Crippen LogP contribution in [0.1, 0.15) is 10.4 Å². The fourth-order valence-corrected chi connectivity index (χ4v) is 2.46. The summed E-state index contributed by atoms with van der Waals surface area (Å²) in [4.78, 5) is 22.9. The van der Waals surface area contributed by atoms with Crippen molar-refractivity contribution in [3.8, 4) is 17.2 Å². The number of methoxy groups -OCH3 is 1. The Morgan fingerprint density at radius 3 is 2.73 bits per heavy atom. The number of amides is 1. The van der Waals surface area contributed by atoms with E-state index in [4.69, 9.17) is 26.4 Å². The van der Waals surface area contributed by atoms with Crippen LogP contribution in [-0.4, -0.2) is 29.8 Å². The number of nitrogens with zero attached hydrogens (tertiary/aromatic N) is 1. The Kier molecular flexibility index (Phi) is 4.85. The molecule has 1 heterocycles. The lowest BCUT2D eigenvalue weighted by molar-refractivity contribution is -0.384. The van der Waals surface area contributed by atoms with Gasteiger partial charge in [0.2, 0.25) is 6.79 Å². The second kappa shape index (κ2) is 7.23. The molecule has 9 nitrogen and oxygen atoms in total. The van der Waals surface area contributed by atoms with Crippen molar-refractivity contribution >= 4 is 34.6 Å². The van der Waals surface area contributed by atoms with Gasteiger partial charge in [-0.15, -0.1) is 0 Å². The SMILES string of the molecule is COc1ccc(NC(=S)NC(=O)c2ccc3c(c2)OCO3)c([N+](=O)[O-])c1. The highest BCUT2D eigenvalue weighted by Crippen LogP contribution is 2.32. The van der Waals surface area contributed by atoms with Crippen LogP contribution < -0.4 is 24.8 Å². The summed E-state index contributed by atoms with van der Waals surface area (Å²) in [5, 5.41) is 16.2. The molecule has 2 N–H and O–H groups in total. The molecule has 1 amide bonds. The van der Waals surface area contributed by atoms with Crippen molar-refractivity contribution in [3.05, 3.63) is 52.1 Å². The van der Waals surface area contributed by atoms with Gasteiger partial charge in [-0.2, -0.15) is 0 Å². The number of rotatable bonds is 4. The number of thiocarbonyl (C=S) groups is 1. The predicted octanol–water partition coefficient (Wildman–Crippen LogP) is 2.46. The summed E-state index contributed by atoms with van der Waals surface area (Å²) in [6.45, 7) is 0.0987. The van der Waals surface area contributed by atoms with Crippen molar-refractivity contribution in [2.45, 2.75) is 0 Å². The Labute approximate surface area is 153 Å². The number of nitro groups is 1. The van der Waals surface area contributed by atoms with Crippen LogP contribution in [0.4, 0.5) is 11.4 Å². The van der Waals surface area contributed by atoms with Gasteiger partial charge in [-0.3, -0.25) is 20.2 Å². The van der Waals surface area contributed by atoms with E-state index in [2.05, 4.69) is 10.6 Å². The average molecular weight is 375 g/mol. The second-order valence-corrected chi connectivity index (χ2v) is 5.52. The van der Waals surface area contributed by atoms with Crippen molar-refractivity contribution in [1.82, 2.24) is 5.32 Å². The Hall–Kier alpha value is -3.40. The van der Waals surface area contributed by atoms with Gasteiger partial charge < -0.3 is 19.5 Å². The summed E-state index contributed by atoms with van der Waals surface area (Å²) >= 11 is 5.07. The van der Waals surface area contributed by atoms with Crippen LogP contribution in [-0.2, 0) is 0 Å². The van der Waals surface area contributed by atoms with Gasteiger partial charge in [0.25, 0.3) is 11.6 Å². The van der Waals surface area contributed by atoms with Crippen molar-refractivity contribution in [2.24, 2.45) is 0 Å². The molecule has 0 saturated carbocycles. The number of ether oxygens (including phenoxy) is 3. The number of nitro benzene ring substituents is 1. The van der Waals surface area contributed by atoms with Crippen LogP contribution in [0.3, 0.4) is 0 Å². The molecule has 0 unspecified atom stereocenters. The molecule has 0 saturated heterocycles. The maximum Gasteiger partial charge on any atom is 0.296 e. The van der Waals surface area contributed by atoms with E-state index in [9.17, 15) is 14.9 Å². The number of hydrogen-bond donors (Lipinski definition) is 2. The van der Waals surface area contributed by atoms with Crippen LogP contribution in [0.25, 0.3) is 0 Å². The highest BCUT2D eigenvalue weighted by atomic mass is 32.1. The number of fused-ring (bicyclic) bond motifs is 1. The highest BCUT2D eigenvalue weighted by molar-refractivity contribution is 7.80. The van der Waals surface area contributed by atoms with E-state index in [-0.39, 0.29) is 23.3 Å². The number of carbonyl (C=O) groups excluding carboxylic acids is 1. The van der Waals surface area contributed by atoms with Gasteiger partial charge >= 0.3 is 0 Å². The molecule has 1 aliphatic rings. The molecule has 0 fully saturated rings. The minimum Gasteiger partial charge on any atom is -0.496 e. The molecule has 26 heavy (non-hydrogen) atoms. The van der Waals surface area contributed by atoms with E-state index in [1.54, 1.807) is 12.1 Å². The molecule has 2 aromatic carbocycles. The van der Waals surface area contributed by atoms with Crippen LogP contribution in [0.5, 0.6) is 17.2 Å². The zero-order chi connectivity index (χ0) is 18.7. The molecular formula is C16H13N3O6S. The molecule has 3 rings (SSSR count). The lowest BCUT2D eigenvalue weighted by Gasteiger charge is -2.11. The topological polar surface area (TPSA) is 112 Å². The maximum atomic E-state index is 12.3. The Morgan fingerprint density at radius 1 is 1.23 bits per heavy atom. The fourth-order valence-electron chi connectivity index (χ4n) is 2.26. The number of anilines is 1. The quantitative estimate of drug-likeness (QED) is 0.476. The first-order valence-electron chi connectivity index (χ1n) is 7.32. The number of benzene rings is 2. The molecule has 0 spiro atoms. The van der Waals surface area contributed by atoms with Gasteiger partial charge in [0.1, 0.15) is 11.4 Å². The first-order chi connectivity index (χ1) is 12.5. The lowest BCUT2D eigenvalue weighted by atomic mass is 10.2. The van der Waals surface area contributed by atoms with Crippen molar-refractivity contribution in [2.75, 3.05) is 19.2 Å². The molecular weight excluding hydrogens is 362 g/mol.